The Bertz CT molecular complexity index is 1140. The fourth-order valence-corrected chi connectivity index (χ4v) is 4.41. The molecule has 3 aromatic carbocycles. The maximum atomic E-state index is 11.1. The van der Waals surface area contributed by atoms with Gasteiger partial charge in [0.15, 0.2) is 0 Å². The van der Waals surface area contributed by atoms with Crippen molar-refractivity contribution in [3.8, 4) is 5.75 Å². The molecular weight excluding hydrogens is 408 g/mol. The van der Waals surface area contributed by atoms with Gasteiger partial charge in [-0.05, 0) is 69.8 Å². The van der Waals surface area contributed by atoms with Crippen molar-refractivity contribution in [1.82, 2.24) is 0 Å². The minimum atomic E-state index is -4.18. The molecule has 1 atom stereocenters. The minimum absolute atomic E-state index is 0.121. The lowest BCUT2D eigenvalue weighted by molar-refractivity contribution is 0.280. The zero-order chi connectivity index (χ0) is 22.8. The van der Waals surface area contributed by atoms with Crippen molar-refractivity contribution in [2.24, 2.45) is 11.3 Å². The van der Waals surface area contributed by atoms with E-state index in [4.69, 9.17) is 9.29 Å². The van der Waals surface area contributed by atoms with Crippen LogP contribution >= 0.6 is 0 Å². The SMILES string of the molecule is CC(C)CC(c1ccc2cc(OCc3ccc(S(=O)(=O)O)cc3)ccc2c1)C(C)(C)C. The maximum absolute atomic E-state index is 11.1. The van der Waals surface area contributed by atoms with Crippen molar-refractivity contribution < 1.29 is 17.7 Å². The summed E-state index contributed by atoms with van der Waals surface area (Å²) in [5, 5.41) is 2.32. The highest BCUT2D eigenvalue weighted by atomic mass is 32.2. The standard InChI is InChI=1S/C26H32O4S/c1-18(2)14-25(26(3,4)5)22-9-8-21-16-23(11-10-20(21)15-22)30-17-19-6-12-24(13-7-19)31(27,28)29/h6-13,15-16,18,25H,14,17H2,1-5H3,(H,27,28,29). The Labute approximate surface area is 186 Å². The molecule has 0 aliphatic heterocycles. The average molecular weight is 441 g/mol. The molecule has 0 aliphatic rings. The molecule has 31 heavy (non-hydrogen) atoms. The quantitative estimate of drug-likeness (QED) is 0.408. The molecule has 0 aromatic heterocycles. The summed E-state index contributed by atoms with van der Waals surface area (Å²) in [7, 11) is -4.18. The molecule has 3 aromatic rings. The predicted molar refractivity (Wildman–Crippen MR) is 126 cm³/mol. The van der Waals surface area contributed by atoms with Crippen molar-refractivity contribution >= 4 is 20.9 Å². The highest BCUT2D eigenvalue weighted by Crippen LogP contribution is 2.40. The Hall–Kier alpha value is -2.37. The van der Waals surface area contributed by atoms with Gasteiger partial charge in [0.2, 0.25) is 0 Å². The second-order valence-electron chi connectivity index (χ2n) is 9.72. The Morgan fingerprint density at radius 1 is 0.903 bits per heavy atom. The van der Waals surface area contributed by atoms with Gasteiger partial charge in [0.25, 0.3) is 10.1 Å². The van der Waals surface area contributed by atoms with Gasteiger partial charge in [-0.2, -0.15) is 8.42 Å². The topological polar surface area (TPSA) is 63.6 Å². The van der Waals surface area contributed by atoms with Gasteiger partial charge in [0.1, 0.15) is 12.4 Å². The van der Waals surface area contributed by atoms with Crippen LogP contribution in [0.2, 0.25) is 0 Å². The molecule has 1 N–H and O–H groups in total. The number of hydrogen-bond acceptors (Lipinski definition) is 3. The maximum Gasteiger partial charge on any atom is 0.294 e. The predicted octanol–water partition coefficient (Wildman–Crippen LogP) is 6.84. The molecule has 0 amide bonds. The molecule has 0 saturated carbocycles. The Morgan fingerprint density at radius 2 is 1.52 bits per heavy atom. The average Bonchev–Trinajstić information content (AvgIpc) is 2.68. The van der Waals surface area contributed by atoms with E-state index in [9.17, 15) is 8.42 Å². The number of rotatable bonds is 7. The number of ether oxygens (including phenoxy) is 1. The second-order valence-corrected chi connectivity index (χ2v) is 11.1. The molecule has 166 valence electrons. The summed E-state index contributed by atoms with van der Waals surface area (Å²) in [6.07, 6.45) is 1.16. The highest BCUT2D eigenvalue weighted by molar-refractivity contribution is 7.85. The number of hydrogen-bond donors (Lipinski definition) is 1. The van der Waals surface area contributed by atoms with E-state index in [1.165, 1.54) is 23.1 Å². The van der Waals surface area contributed by atoms with Gasteiger partial charge in [-0.15, -0.1) is 0 Å². The Kier molecular flexibility index (Phi) is 6.77. The summed E-state index contributed by atoms with van der Waals surface area (Å²) in [6, 6.07) is 18.8. The van der Waals surface area contributed by atoms with Gasteiger partial charge in [-0.25, -0.2) is 0 Å². The lowest BCUT2D eigenvalue weighted by Crippen LogP contribution is -2.20. The lowest BCUT2D eigenvalue weighted by atomic mass is 9.72. The first-order valence-corrected chi connectivity index (χ1v) is 12.1. The third-order valence-electron chi connectivity index (χ3n) is 5.62. The third kappa shape index (κ3) is 6.08. The van der Waals surface area contributed by atoms with Gasteiger partial charge in [0.05, 0.1) is 4.90 Å². The van der Waals surface area contributed by atoms with Crippen molar-refractivity contribution in [2.45, 2.75) is 58.5 Å². The van der Waals surface area contributed by atoms with Crippen molar-refractivity contribution in [2.75, 3.05) is 0 Å². The van der Waals surface area contributed by atoms with Crippen LogP contribution < -0.4 is 4.74 Å². The molecule has 1 unspecified atom stereocenters. The molecule has 5 heteroatoms. The van der Waals surface area contributed by atoms with Crippen LogP contribution in [-0.4, -0.2) is 13.0 Å². The van der Waals surface area contributed by atoms with E-state index < -0.39 is 10.1 Å². The van der Waals surface area contributed by atoms with E-state index in [0.717, 1.165) is 23.1 Å². The molecular formula is C26H32O4S. The molecule has 0 saturated heterocycles. The van der Waals surface area contributed by atoms with Crippen molar-refractivity contribution in [1.29, 1.82) is 0 Å². The normalized spacial score (nSPS) is 13.5. The van der Waals surface area contributed by atoms with Gasteiger partial charge in [0, 0.05) is 0 Å². The van der Waals surface area contributed by atoms with Gasteiger partial charge in [-0.1, -0.05) is 71.0 Å². The lowest BCUT2D eigenvalue weighted by Gasteiger charge is -2.33. The van der Waals surface area contributed by atoms with Crippen LogP contribution in [0, 0.1) is 11.3 Å². The van der Waals surface area contributed by atoms with Crippen LogP contribution in [-0.2, 0) is 16.7 Å². The molecule has 4 nitrogen and oxygen atoms in total. The first-order chi connectivity index (χ1) is 14.4. The molecule has 0 aliphatic carbocycles. The summed E-state index contributed by atoms with van der Waals surface area (Å²) in [6.45, 7) is 11.8. The van der Waals surface area contributed by atoms with Crippen LogP contribution in [0.1, 0.15) is 58.1 Å². The summed E-state index contributed by atoms with van der Waals surface area (Å²) in [4.78, 5) is -0.121. The van der Waals surface area contributed by atoms with Gasteiger partial charge in [-0.3, -0.25) is 4.55 Å². The Morgan fingerprint density at radius 3 is 2.10 bits per heavy atom. The Balaban J connectivity index is 1.77. The van der Waals surface area contributed by atoms with Crippen LogP contribution in [0.15, 0.2) is 65.6 Å². The van der Waals surface area contributed by atoms with E-state index in [2.05, 4.69) is 58.9 Å². The van der Waals surface area contributed by atoms with E-state index in [1.807, 2.05) is 12.1 Å². The fourth-order valence-electron chi connectivity index (χ4n) is 3.93. The van der Waals surface area contributed by atoms with E-state index in [0.29, 0.717) is 18.4 Å². The molecule has 0 bridgehead atoms. The van der Waals surface area contributed by atoms with Crippen molar-refractivity contribution in [3.63, 3.8) is 0 Å². The molecule has 0 spiro atoms. The first-order valence-electron chi connectivity index (χ1n) is 10.7. The van der Waals surface area contributed by atoms with Crippen LogP contribution in [0.5, 0.6) is 5.75 Å². The van der Waals surface area contributed by atoms with Crippen LogP contribution in [0.3, 0.4) is 0 Å². The largest absolute Gasteiger partial charge is 0.489 e. The first kappa shape index (κ1) is 23.3. The molecule has 0 fully saturated rings. The fraction of sp³-hybridized carbons (Fsp3) is 0.385. The summed E-state index contributed by atoms with van der Waals surface area (Å²) in [5.74, 6) is 1.90. The van der Waals surface area contributed by atoms with E-state index in [-0.39, 0.29) is 10.3 Å². The summed E-state index contributed by atoms with van der Waals surface area (Å²) < 4.78 is 37.3. The van der Waals surface area contributed by atoms with Gasteiger partial charge >= 0.3 is 0 Å². The molecule has 0 radical (unpaired) electrons. The van der Waals surface area contributed by atoms with Crippen molar-refractivity contribution in [3.05, 3.63) is 71.8 Å². The molecule has 0 heterocycles. The molecule has 3 rings (SSSR count). The third-order valence-corrected chi connectivity index (χ3v) is 6.49. The zero-order valence-corrected chi connectivity index (χ0v) is 19.7. The highest BCUT2D eigenvalue weighted by Gasteiger charge is 2.27. The smallest absolute Gasteiger partial charge is 0.294 e. The second kappa shape index (κ2) is 9.01. The summed E-state index contributed by atoms with van der Waals surface area (Å²) >= 11 is 0. The van der Waals surface area contributed by atoms with Gasteiger partial charge < -0.3 is 4.74 Å². The monoisotopic (exact) mass is 440 g/mol. The van der Waals surface area contributed by atoms with Crippen LogP contribution in [0.25, 0.3) is 10.8 Å². The van der Waals surface area contributed by atoms with Crippen LogP contribution in [0.4, 0.5) is 0 Å². The number of fused-ring (bicyclic) bond motifs is 1. The van der Waals surface area contributed by atoms with E-state index in [1.54, 1.807) is 12.1 Å². The minimum Gasteiger partial charge on any atom is -0.489 e. The zero-order valence-electron chi connectivity index (χ0n) is 18.9. The summed E-state index contributed by atoms with van der Waals surface area (Å²) in [5.41, 5.74) is 2.40. The van der Waals surface area contributed by atoms with E-state index >= 15 is 0 Å². The number of benzene rings is 3.